The van der Waals surface area contributed by atoms with Crippen molar-refractivity contribution in [2.45, 2.75) is 52.0 Å². The van der Waals surface area contributed by atoms with E-state index in [2.05, 4.69) is 5.32 Å². The molecule has 0 radical (unpaired) electrons. The molecule has 2 fully saturated rings. The van der Waals surface area contributed by atoms with Gasteiger partial charge < -0.3 is 15.1 Å². The minimum Gasteiger partial charge on any atom is -0.343 e. The van der Waals surface area contributed by atoms with Gasteiger partial charge >= 0.3 is 0 Å². The van der Waals surface area contributed by atoms with E-state index >= 15 is 0 Å². The molecule has 1 N–H and O–H groups in total. The van der Waals surface area contributed by atoms with Gasteiger partial charge in [-0.3, -0.25) is 14.4 Å². The molecule has 0 bridgehead atoms. The zero-order valence-electron chi connectivity index (χ0n) is 16.9. The third kappa shape index (κ3) is 4.91. The molecule has 0 spiro atoms. The predicted octanol–water partition coefficient (Wildman–Crippen LogP) is 2.36. The molecule has 1 aromatic carbocycles. The minimum absolute atomic E-state index is 0.0291. The van der Waals surface area contributed by atoms with Crippen LogP contribution in [0.25, 0.3) is 0 Å². The van der Waals surface area contributed by atoms with E-state index in [1.54, 1.807) is 19.1 Å². The summed E-state index contributed by atoms with van der Waals surface area (Å²) in [7, 11) is 0. The molecule has 2 aliphatic heterocycles. The number of benzene rings is 1. The van der Waals surface area contributed by atoms with Crippen LogP contribution in [0.2, 0.25) is 0 Å². The van der Waals surface area contributed by atoms with Gasteiger partial charge in [0.2, 0.25) is 11.8 Å². The number of amides is 3. The van der Waals surface area contributed by atoms with Crippen molar-refractivity contribution < 1.29 is 14.4 Å². The molecule has 0 aromatic heterocycles. The van der Waals surface area contributed by atoms with Gasteiger partial charge in [0, 0.05) is 38.7 Å². The molecule has 2 heterocycles. The van der Waals surface area contributed by atoms with Crippen LogP contribution in [-0.4, -0.2) is 59.7 Å². The zero-order chi connectivity index (χ0) is 20.1. The highest BCUT2D eigenvalue weighted by Gasteiger charge is 2.36. The number of hydrogen-bond acceptors (Lipinski definition) is 3. The first-order valence-corrected chi connectivity index (χ1v) is 10.4. The Kier molecular flexibility index (Phi) is 6.70. The van der Waals surface area contributed by atoms with Gasteiger partial charge in [-0.05, 0) is 57.1 Å². The molecule has 1 aromatic rings. The van der Waals surface area contributed by atoms with Crippen molar-refractivity contribution in [3.05, 3.63) is 35.4 Å². The van der Waals surface area contributed by atoms with E-state index in [0.717, 1.165) is 50.8 Å². The summed E-state index contributed by atoms with van der Waals surface area (Å²) in [6, 6.07) is 6.88. The van der Waals surface area contributed by atoms with Crippen LogP contribution in [0.4, 0.5) is 0 Å². The lowest BCUT2D eigenvalue weighted by atomic mass is 9.87. The number of carbonyl (C=O) groups is 3. The number of rotatable bonds is 4. The van der Waals surface area contributed by atoms with Crippen molar-refractivity contribution in [2.24, 2.45) is 5.92 Å². The van der Waals surface area contributed by atoms with Gasteiger partial charge in [0.25, 0.3) is 5.91 Å². The van der Waals surface area contributed by atoms with Gasteiger partial charge in [0.05, 0.1) is 0 Å². The first-order chi connectivity index (χ1) is 13.5. The van der Waals surface area contributed by atoms with E-state index in [0.29, 0.717) is 18.7 Å². The maximum atomic E-state index is 13.3. The molecule has 28 heavy (non-hydrogen) atoms. The van der Waals surface area contributed by atoms with Crippen LogP contribution < -0.4 is 5.32 Å². The number of hydrogen-bond donors (Lipinski definition) is 1. The molecule has 0 saturated carbocycles. The summed E-state index contributed by atoms with van der Waals surface area (Å²) in [6.45, 7) is 6.38. The van der Waals surface area contributed by atoms with Crippen LogP contribution in [0.1, 0.15) is 54.9 Å². The Morgan fingerprint density at radius 3 is 2.11 bits per heavy atom. The standard InChI is InChI=1S/C22H31N3O3/c1-16-6-8-19(9-7-16)21(27)23-20(22(28)25-12-4-3-5-13-25)18-10-14-24(15-11-18)17(2)26/h6-9,18,20H,3-5,10-15H2,1-2H3,(H,23,27). The largest absolute Gasteiger partial charge is 0.343 e. The van der Waals surface area contributed by atoms with E-state index in [1.807, 2.05) is 28.9 Å². The van der Waals surface area contributed by atoms with Crippen molar-refractivity contribution >= 4 is 17.7 Å². The second-order valence-corrected chi connectivity index (χ2v) is 8.05. The molecule has 2 aliphatic rings. The molecule has 3 rings (SSSR count). The van der Waals surface area contributed by atoms with Gasteiger partial charge in [-0.1, -0.05) is 17.7 Å². The minimum atomic E-state index is -0.527. The molecule has 1 unspecified atom stereocenters. The summed E-state index contributed by atoms with van der Waals surface area (Å²) in [4.78, 5) is 41.4. The molecular weight excluding hydrogens is 354 g/mol. The first kappa shape index (κ1) is 20.4. The Labute approximate surface area is 167 Å². The summed E-state index contributed by atoms with van der Waals surface area (Å²) in [6.07, 6.45) is 4.66. The highest BCUT2D eigenvalue weighted by Crippen LogP contribution is 2.24. The average molecular weight is 386 g/mol. The van der Waals surface area contributed by atoms with Crippen LogP contribution in [0.5, 0.6) is 0 Å². The second kappa shape index (κ2) is 9.22. The Morgan fingerprint density at radius 2 is 1.54 bits per heavy atom. The number of carbonyl (C=O) groups excluding carboxylic acids is 3. The highest BCUT2D eigenvalue weighted by atomic mass is 16.2. The smallest absolute Gasteiger partial charge is 0.251 e. The summed E-state index contributed by atoms with van der Waals surface area (Å²) in [5.74, 6) is -0.0498. The third-order valence-corrected chi connectivity index (χ3v) is 5.99. The van der Waals surface area contributed by atoms with E-state index in [9.17, 15) is 14.4 Å². The van der Waals surface area contributed by atoms with Crippen LogP contribution in [0, 0.1) is 12.8 Å². The van der Waals surface area contributed by atoms with Crippen molar-refractivity contribution in [2.75, 3.05) is 26.2 Å². The normalized spacial score (nSPS) is 19.2. The van der Waals surface area contributed by atoms with Gasteiger partial charge in [0.1, 0.15) is 6.04 Å². The van der Waals surface area contributed by atoms with Crippen LogP contribution in [0.3, 0.4) is 0 Å². The summed E-state index contributed by atoms with van der Waals surface area (Å²) < 4.78 is 0. The van der Waals surface area contributed by atoms with Crippen LogP contribution in [-0.2, 0) is 9.59 Å². The molecule has 6 nitrogen and oxygen atoms in total. The highest BCUT2D eigenvalue weighted by molar-refractivity contribution is 5.97. The predicted molar refractivity (Wildman–Crippen MR) is 108 cm³/mol. The van der Waals surface area contributed by atoms with Crippen LogP contribution >= 0.6 is 0 Å². The number of likely N-dealkylation sites (tertiary alicyclic amines) is 2. The maximum Gasteiger partial charge on any atom is 0.251 e. The average Bonchev–Trinajstić information content (AvgIpc) is 2.72. The Morgan fingerprint density at radius 1 is 0.929 bits per heavy atom. The first-order valence-electron chi connectivity index (χ1n) is 10.4. The quantitative estimate of drug-likeness (QED) is 0.865. The molecule has 3 amide bonds. The van der Waals surface area contributed by atoms with Gasteiger partial charge in [-0.25, -0.2) is 0 Å². The second-order valence-electron chi connectivity index (χ2n) is 8.05. The van der Waals surface area contributed by atoms with Gasteiger partial charge in [0.15, 0.2) is 0 Å². The topological polar surface area (TPSA) is 69.7 Å². The molecule has 152 valence electrons. The van der Waals surface area contributed by atoms with Crippen molar-refractivity contribution in [3.63, 3.8) is 0 Å². The monoisotopic (exact) mass is 385 g/mol. The van der Waals surface area contributed by atoms with E-state index in [1.165, 1.54) is 0 Å². The molecule has 0 aliphatic carbocycles. The lowest BCUT2D eigenvalue weighted by molar-refractivity contribution is -0.136. The Hall–Kier alpha value is -2.37. The van der Waals surface area contributed by atoms with E-state index in [4.69, 9.17) is 0 Å². The zero-order valence-corrected chi connectivity index (χ0v) is 16.9. The molecule has 2 saturated heterocycles. The van der Waals surface area contributed by atoms with E-state index < -0.39 is 6.04 Å². The number of aryl methyl sites for hydroxylation is 1. The lowest BCUT2D eigenvalue weighted by Crippen LogP contribution is -2.55. The number of nitrogens with one attached hydrogen (secondary N) is 1. The lowest BCUT2D eigenvalue weighted by Gasteiger charge is -2.38. The van der Waals surface area contributed by atoms with Crippen LogP contribution in [0.15, 0.2) is 24.3 Å². The Bertz CT molecular complexity index is 702. The third-order valence-electron chi connectivity index (χ3n) is 5.99. The molecule has 1 atom stereocenters. The summed E-state index contributed by atoms with van der Waals surface area (Å²) >= 11 is 0. The van der Waals surface area contributed by atoms with E-state index in [-0.39, 0.29) is 23.6 Å². The molecular formula is C22H31N3O3. The fraction of sp³-hybridized carbons (Fsp3) is 0.591. The van der Waals surface area contributed by atoms with Crippen molar-refractivity contribution in [3.8, 4) is 0 Å². The summed E-state index contributed by atoms with van der Waals surface area (Å²) in [5, 5.41) is 3.03. The van der Waals surface area contributed by atoms with Crippen molar-refractivity contribution in [1.82, 2.24) is 15.1 Å². The SMILES string of the molecule is CC(=O)N1CCC(C(NC(=O)c2ccc(C)cc2)C(=O)N2CCCCC2)CC1. The summed E-state index contributed by atoms with van der Waals surface area (Å²) in [5.41, 5.74) is 1.66. The number of nitrogens with zero attached hydrogens (tertiary/aromatic N) is 2. The Balaban J connectivity index is 1.74. The van der Waals surface area contributed by atoms with Crippen molar-refractivity contribution in [1.29, 1.82) is 0 Å². The van der Waals surface area contributed by atoms with Gasteiger partial charge in [-0.15, -0.1) is 0 Å². The maximum absolute atomic E-state index is 13.3. The fourth-order valence-corrected chi connectivity index (χ4v) is 4.17. The number of piperidine rings is 2. The van der Waals surface area contributed by atoms with Gasteiger partial charge in [-0.2, -0.15) is 0 Å². The fourth-order valence-electron chi connectivity index (χ4n) is 4.17. The molecule has 6 heteroatoms.